The monoisotopic (exact) mass is 395 g/mol. The summed E-state index contributed by atoms with van der Waals surface area (Å²) in [6, 6.07) is 8.91. The number of alkyl halides is 1. The molecule has 2 bridgehead atoms. The Bertz CT molecular complexity index is 979. The second-order valence-corrected chi connectivity index (χ2v) is 7.71. The number of nitrogens with one attached hydrogen (secondary N) is 2. The fourth-order valence-electron chi connectivity index (χ4n) is 4.29. The van der Waals surface area contributed by atoms with Crippen molar-refractivity contribution < 1.29 is 14.2 Å². The van der Waals surface area contributed by atoms with Crippen molar-refractivity contribution in [3.63, 3.8) is 0 Å². The van der Waals surface area contributed by atoms with Crippen molar-refractivity contribution in [1.82, 2.24) is 25.7 Å². The quantitative estimate of drug-likeness (QED) is 0.628. The van der Waals surface area contributed by atoms with Crippen LogP contribution in [0.1, 0.15) is 25.7 Å². The van der Waals surface area contributed by atoms with Gasteiger partial charge in [0.05, 0.1) is 11.9 Å². The predicted octanol–water partition coefficient (Wildman–Crippen LogP) is 3.24. The summed E-state index contributed by atoms with van der Waals surface area (Å²) in [6.07, 6.45) is 5.49. The number of hydrogen-bond donors (Lipinski definition) is 3. The Morgan fingerprint density at radius 2 is 2.03 bits per heavy atom. The lowest BCUT2D eigenvalue weighted by molar-refractivity contribution is 0.00652. The summed E-state index contributed by atoms with van der Waals surface area (Å²) in [4.78, 5) is 0. The molecule has 7 nitrogen and oxygen atoms in total. The zero-order valence-electron chi connectivity index (χ0n) is 15.8. The average Bonchev–Trinajstić information content (AvgIpc) is 3.28. The lowest BCUT2D eigenvalue weighted by Gasteiger charge is -2.42. The van der Waals surface area contributed by atoms with Gasteiger partial charge in [-0.05, 0) is 36.6 Å². The minimum Gasteiger partial charge on any atom is -0.507 e. The summed E-state index contributed by atoms with van der Waals surface area (Å²) in [5, 5.41) is 28.7. The first-order chi connectivity index (χ1) is 14.2. The summed E-state index contributed by atoms with van der Waals surface area (Å²) in [7, 11) is 0. The van der Waals surface area contributed by atoms with Crippen LogP contribution < -0.4 is 10.1 Å². The van der Waals surface area contributed by atoms with E-state index in [2.05, 4.69) is 25.7 Å². The molecule has 2 saturated heterocycles. The van der Waals surface area contributed by atoms with E-state index in [1.807, 2.05) is 6.07 Å². The molecule has 0 aliphatic carbocycles. The van der Waals surface area contributed by atoms with Crippen LogP contribution >= 0.6 is 0 Å². The first-order valence-electron chi connectivity index (χ1n) is 9.90. The van der Waals surface area contributed by atoms with Gasteiger partial charge in [-0.3, -0.25) is 5.10 Å². The van der Waals surface area contributed by atoms with E-state index in [1.54, 1.807) is 36.7 Å². The molecular weight excluding hydrogens is 373 g/mol. The Labute approximate surface area is 167 Å². The number of H-pyrrole nitrogens is 1. The van der Waals surface area contributed by atoms with Gasteiger partial charge in [0.1, 0.15) is 11.9 Å². The van der Waals surface area contributed by atoms with Gasteiger partial charge in [-0.25, -0.2) is 4.39 Å². The molecule has 2 fully saturated rings. The number of halogens is 1. The number of rotatable bonds is 4. The molecule has 2 aliphatic heterocycles. The number of phenols is 1. The highest BCUT2D eigenvalue weighted by Crippen LogP contribution is 2.33. The van der Waals surface area contributed by atoms with Crippen LogP contribution in [0.5, 0.6) is 11.6 Å². The maximum absolute atomic E-state index is 14.7. The highest BCUT2D eigenvalue weighted by atomic mass is 19.1. The number of piperidine rings is 2. The summed E-state index contributed by atoms with van der Waals surface area (Å²) in [5.74, 6) is 0.401. The van der Waals surface area contributed by atoms with Crippen LogP contribution in [0.15, 0.2) is 42.7 Å². The molecule has 3 N–H and O–H groups in total. The zero-order valence-corrected chi connectivity index (χ0v) is 15.8. The van der Waals surface area contributed by atoms with Gasteiger partial charge in [0.25, 0.3) is 0 Å². The number of fused-ring (bicyclic) bond motifs is 2. The van der Waals surface area contributed by atoms with Crippen molar-refractivity contribution in [3.05, 3.63) is 42.7 Å². The van der Waals surface area contributed by atoms with Crippen molar-refractivity contribution in [3.8, 4) is 34.0 Å². The van der Waals surface area contributed by atoms with Crippen LogP contribution in [0.4, 0.5) is 4.39 Å². The van der Waals surface area contributed by atoms with Gasteiger partial charge >= 0.3 is 0 Å². The Kier molecular flexibility index (Phi) is 4.63. The number of phenolic OH excluding ortho intramolecular Hbond substituents is 1. The number of nitrogens with zero attached hydrogens (tertiary/aromatic N) is 3. The van der Waals surface area contributed by atoms with Gasteiger partial charge in [0.2, 0.25) is 5.88 Å². The van der Waals surface area contributed by atoms with Gasteiger partial charge in [-0.2, -0.15) is 5.10 Å². The van der Waals surface area contributed by atoms with Crippen LogP contribution in [-0.2, 0) is 0 Å². The molecule has 0 spiro atoms. The van der Waals surface area contributed by atoms with E-state index in [4.69, 9.17) is 4.74 Å². The van der Waals surface area contributed by atoms with E-state index in [1.165, 1.54) is 0 Å². The van der Waals surface area contributed by atoms with E-state index >= 15 is 0 Å². The minimum absolute atomic E-state index is 0.0988. The number of benzene rings is 1. The predicted molar refractivity (Wildman–Crippen MR) is 105 cm³/mol. The summed E-state index contributed by atoms with van der Waals surface area (Å²) in [6.45, 7) is 0. The third-order valence-corrected chi connectivity index (χ3v) is 5.79. The molecule has 4 heterocycles. The molecule has 1 aromatic carbocycles. The van der Waals surface area contributed by atoms with Crippen molar-refractivity contribution in [1.29, 1.82) is 0 Å². The highest BCUT2D eigenvalue weighted by molar-refractivity contribution is 5.73. The zero-order chi connectivity index (χ0) is 19.8. The molecule has 8 heteroatoms. The van der Waals surface area contributed by atoms with E-state index in [0.29, 0.717) is 29.6 Å². The van der Waals surface area contributed by atoms with E-state index in [0.717, 1.165) is 30.4 Å². The molecule has 29 heavy (non-hydrogen) atoms. The molecule has 0 saturated carbocycles. The Hall–Kier alpha value is -3.00. The standard InChI is InChI=1S/C21H22FN5O2/c22-21-17-3-1-2-14(25-17)9-19(21)29-20-7-6-16(26-27-20)15-5-4-12(8-18(15)28)13-10-23-24-11-13/h4-8,10-11,14,17,19,21,25,28H,1-3,9H2,(H,23,24)/t14?,17?,19-,21-/m0/s1. The molecule has 2 aromatic heterocycles. The fraction of sp³-hybridized carbons (Fsp3) is 0.381. The minimum atomic E-state index is -1.05. The van der Waals surface area contributed by atoms with Gasteiger partial charge in [0.15, 0.2) is 6.17 Å². The van der Waals surface area contributed by atoms with Crippen molar-refractivity contribution in [2.75, 3.05) is 0 Å². The van der Waals surface area contributed by atoms with Crippen LogP contribution in [0.2, 0.25) is 0 Å². The van der Waals surface area contributed by atoms with E-state index in [-0.39, 0.29) is 11.8 Å². The van der Waals surface area contributed by atoms with Crippen LogP contribution in [0.3, 0.4) is 0 Å². The number of aromatic amines is 1. The number of ether oxygens (including phenoxy) is 1. The molecule has 3 aromatic rings. The smallest absolute Gasteiger partial charge is 0.233 e. The molecule has 0 amide bonds. The maximum atomic E-state index is 14.7. The second-order valence-electron chi connectivity index (χ2n) is 7.71. The van der Waals surface area contributed by atoms with E-state index < -0.39 is 12.3 Å². The maximum Gasteiger partial charge on any atom is 0.233 e. The molecule has 4 atom stereocenters. The fourth-order valence-corrected chi connectivity index (χ4v) is 4.29. The Morgan fingerprint density at radius 3 is 2.79 bits per heavy atom. The first-order valence-corrected chi connectivity index (χ1v) is 9.90. The van der Waals surface area contributed by atoms with E-state index in [9.17, 15) is 9.50 Å². The second kappa shape index (κ2) is 7.44. The molecule has 2 aliphatic rings. The highest BCUT2D eigenvalue weighted by Gasteiger charge is 2.41. The number of aromatic nitrogens is 4. The van der Waals surface area contributed by atoms with Crippen LogP contribution in [-0.4, -0.2) is 49.9 Å². The molecule has 150 valence electrons. The van der Waals surface area contributed by atoms with Crippen molar-refractivity contribution in [2.45, 2.75) is 50.0 Å². The summed E-state index contributed by atoms with van der Waals surface area (Å²) in [5.41, 5.74) is 2.82. The lowest BCUT2D eigenvalue weighted by Crippen LogP contribution is -2.59. The molecule has 5 rings (SSSR count). The van der Waals surface area contributed by atoms with Crippen molar-refractivity contribution in [2.24, 2.45) is 0 Å². The normalized spacial score (nSPS) is 26.2. The SMILES string of the molecule is Oc1cc(-c2cn[nH]c2)ccc1-c1ccc(O[C@H]2CC3CCCC(N3)[C@@H]2F)nn1. The molecular formula is C21H22FN5O2. The van der Waals surface area contributed by atoms with Gasteiger partial charge in [0, 0.05) is 41.9 Å². The number of aromatic hydroxyl groups is 1. The van der Waals surface area contributed by atoms with Gasteiger partial charge in [-0.15, -0.1) is 10.2 Å². The Morgan fingerprint density at radius 1 is 1.10 bits per heavy atom. The topological polar surface area (TPSA) is 96.0 Å². The van der Waals surface area contributed by atoms with Gasteiger partial charge < -0.3 is 15.2 Å². The third-order valence-electron chi connectivity index (χ3n) is 5.79. The summed E-state index contributed by atoms with van der Waals surface area (Å²) < 4.78 is 20.5. The van der Waals surface area contributed by atoms with Crippen LogP contribution in [0.25, 0.3) is 22.4 Å². The van der Waals surface area contributed by atoms with Gasteiger partial charge in [-0.1, -0.05) is 12.5 Å². The van der Waals surface area contributed by atoms with Crippen molar-refractivity contribution >= 4 is 0 Å². The summed E-state index contributed by atoms with van der Waals surface area (Å²) >= 11 is 0. The number of hydrogen-bond acceptors (Lipinski definition) is 6. The molecule has 0 radical (unpaired) electrons. The largest absolute Gasteiger partial charge is 0.507 e. The third kappa shape index (κ3) is 3.55. The Balaban J connectivity index is 1.31. The van der Waals surface area contributed by atoms with Crippen LogP contribution in [0, 0.1) is 0 Å². The first kappa shape index (κ1) is 18.1. The lowest BCUT2D eigenvalue weighted by atomic mass is 9.84. The molecule has 2 unspecified atom stereocenters. The average molecular weight is 395 g/mol.